The molecule has 0 saturated carbocycles. The summed E-state index contributed by atoms with van der Waals surface area (Å²) in [5.74, 6) is 0.329. The van der Waals surface area contributed by atoms with Gasteiger partial charge < -0.3 is 0 Å². The molecule has 1 aliphatic rings. The highest BCUT2D eigenvalue weighted by molar-refractivity contribution is 5.96. The van der Waals surface area contributed by atoms with E-state index in [1.54, 1.807) is 12.1 Å². The number of nitro groups is 1. The van der Waals surface area contributed by atoms with Crippen molar-refractivity contribution in [3.05, 3.63) is 75.6 Å². The van der Waals surface area contributed by atoms with Crippen molar-refractivity contribution in [2.45, 2.75) is 32.2 Å². The lowest BCUT2D eigenvalue weighted by Gasteiger charge is -2.16. The summed E-state index contributed by atoms with van der Waals surface area (Å²) >= 11 is 0. The zero-order chi connectivity index (χ0) is 18.8. The number of ketones is 1. The molecule has 0 N–H and O–H groups in total. The fourth-order valence-corrected chi connectivity index (χ4v) is 3.41. The molecule has 3 aromatic rings. The molecule has 0 atom stereocenters. The second-order valence-electron chi connectivity index (χ2n) is 6.69. The van der Waals surface area contributed by atoms with E-state index >= 15 is 0 Å². The van der Waals surface area contributed by atoms with Gasteiger partial charge in [-0.3, -0.25) is 14.9 Å². The molecule has 2 aromatic carbocycles. The number of benzene rings is 2. The molecule has 0 saturated heterocycles. The number of nitro benzene ring substituents is 1. The smallest absolute Gasteiger partial charge is 0.270 e. The van der Waals surface area contributed by atoms with Crippen molar-refractivity contribution < 1.29 is 9.72 Å². The summed E-state index contributed by atoms with van der Waals surface area (Å²) in [7, 11) is 0. The Kier molecular flexibility index (Phi) is 4.50. The fourth-order valence-electron chi connectivity index (χ4n) is 3.41. The van der Waals surface area contributed by atoms with E-state index < -0.39 is 4.92 Å². The number of Topliss-reactive ketones (excluding diaryl/α,β-unsaturated/α-hetero) is 1. The van der Waals surface area contributed by atoms with Gasteiger partial charge in [0, 0.05) is 23.3 Å². The molecule has 27 heavy (non-hydrogen) atoms. The van der Waals surface area contributed by atoms with Gasteiger partial charge in [-0.1, -0.05) is 24.3 Å². The Morgan fingerprint density at radius 2 is 1.93 bits per heavy atom. The van der Waals surface area contributed by atoms with Gasteiger partial charge in [-0.2, -0.15) is 5.10 Å². The van der Waals surface area contributed by atoms with Crippen molar-refractivity contribution in [2.24, 2.45) is 0 Å². The lowest BCUT2D eigenvalue weighted by molar-refractivity contribution is -0.384. The summed E-state index contributed by atoms with van der Waals surface area (Å²) in [5, 5.41) is 15.2. The average molecular weight is 362 g/mol. The van der Waals surface area contributed by atoms with Crippen molar-refractivity contribution in [1.82, 2.24) is 14.8 Å². The highest BCUT2D eigenvalue weighted by Crippen LogP contribution is 2.23. The summed E-state index contributed by atoms with van der Waals surface area (Å²) in [5.41, 5.74) is 3.82. The van der Waals surface area contributed by atoms with E-state index in [4.69, 9.17) is 0 Å². The Balaban J connectivity index is 1.52. The van der Waals surface area contributed by atoms with Crippen molar-refractivity contribution >= 4 is 11.5 Å². The molecule has 1 heterocycles. The van der Waals surface area contributed by atoms with Gasteiger partial charge in [0.2, 0.25) is 0 Å². The van der Waals surface area contributed by atoms with Gasteiger partial charge >= 0.3 is 0 Å². The van der Waals surface area contributed by atoms with E-state index in [2.05, 4.69) is 16.1 Å². The van der Waals surface area contributed by atoms with Crippen molar-refractivity contribution in [3.8, 4) is 11.4 Å². The predicted octanol–water partition coefficient (Wildman–Crippen LogP) is 3.62. The maximum absolute atomic E-state index is 12.6. The number of rotatable bonds is 5. The number of fused-ring (bicyclic) bond motifs is 1. The molecule has 7 nitrogen and oxygen atoms in total. The number of carbonyl (C=O) groups is 1. The Morgan fingerprint density at radius 1 is 1.11 bits per heavy atom. The zero-order valence-electron chi connectivity index (χ0n) is 14.7. The second-order valence-corrected chi connectivity index (χ2v) is 6.69. The predicted molar refractivity (Wildman–Crippen MR) is 99.5 cm³/mol. The van der Waals surface area contributed by atoms with Crippen LogP contribution in [0.25, 0.3) is 11.4 Å². The largest absolute Gasteiger partial charge is 0.292 e. The minimum Gasteiger partial charge on any atom is -0.292 e. The van der Waals surface area contributed by atoms with E-state index in [9.17, 15) is 14.9 Å². The monoisotopic (exact) mass is 362 g/mol. The van der Waals surface area contributed by atoms with Crippen molar-refractivity contribution in [1.29, 1.82) is 0 Å². The van der Waals surface area contributed by atoms with Gasteiger partial charge in [0.05, 0.1) is 4.92 Å². The van der Waals surface area contributed by atoms with Crippen LogP contribution in [0.1, 0.15) is 34.3 Å². The molecular weight excluding hydrogens is 344 g/mol. The van der Waals surface area contributed by atoms with E-state index in [-0.39, 0.29) is 18.0 Å². The van der Waals surface area contributed by atoms with Gasteiger partial charge in [-0.05, 0) is 42.9 Å². The minimum absolute atomic E-state index is 0.0195. The SMILES string of the molecule is O=C(Cn1cnc(-c2cccc([N+](=O)[O-])c2)n1)c1ccc2c(c1)CCCC2. The number of carbonyl (C=O) groups excluding carboxylic acids is 1. The van der Waals surface area contributed by atoms with Crippen LogP contribution in [0.4, 0.5) is 5.69 Å². The number of aromatic nitrogens is 3. The maximum Gasteiger partial charge on any atom is 0.270 e. The second kappa shape index (κ2) is 7.11. The molecule has 0 fully saturated rings. The number of hydrogen-bond donors (Lipinski definition) is 0. The average Bonchev–Trinajstić information content (AvgIpc) is 3.16. The first-order chi connectivity index (χ1) is 13.1. The summed E-state index contributed by atoms with van der Waals surface area (Å²) in [6.07, 6.45) is 5.96. The van der Waals surface area contributed by atoms with E-state index in [1.165, 1.54) is 47.1 Å². The van der Waals surface area contributed by atoms with E-state index in [0.29, 0.717) is 17.0 Å². The van der Waals surface area contributed by atoms with Crippen LogP contribution in [-0.2, 0) is 19.4 Å². The van der Waals surface area contributed by atoms with Crippen LogP contribution in [0, 0.1) is 10.1 Å². The fraction of sp³-hybridized carbons (Fsp3) is 0.250. The molecule has 0 unspecified atom stereocenters. The third kappa shape index (κ3) is 3.62. The van der Waals surface area contributed by atoms with E-state index in [1.807, 2.05) is 12.1 Å². The molecule has 0 spiro atoms. The van der Waals surface area contributed by atoms with Crippen LogP contribution < -0.4 is 0 Å². The first kappa shape index (κ1) is 17.1. The van der Waals surface area contributed by atoms with E-state index in [0.717, 1.165) is 12.8 Å². The molecule has 136 valence electrons. The van der Waals surface area contributed by atoms with Crippen LogP contribution in [0.3, 0.4) is 0 Å². The van der Waals surface area contributed by atoms with Gasteiger partial charge in [0.25, 0.3) is 5.69 Å². The number of non-ortho nitro benzene ring substituents is 1. The van der Waals surface area contributed by atoms with Gasteiger partial charge in [0.1, 0.15) is 12.9 Å². The maximum atomic E-state index is 12.6. The molecule has 0 amide bonds. The summed E-state index contributed by atoms with van der Waals surface area (Å²) < 4.78 is 1.47. The highest BCUT2D eigenvalue weighted by atomic mass is 16.6. The van der Waals surface area contributed by atoms with Gasteiger partial charge in [0.15, 0.2) is 11.6 Å². The van der Waals surface area contributed by atoms with Crippen molar-refractivity contribution in [3.63, 3.8) is 0 Å². The standard InChI is InChI=1S/C20H18N4O3/c25-19(16-9-8-14-4-1-2-5-15(14)10-16)12-23-13-21-20(22-23)17-6-3-7-18(11-17)24(26)27/h3,6-11,13H,1-2,4-5,12H2. The molecule has 4 rings (SSSR count). The lowest BCUT2D eigenvalue weighted by atomic mass is 9.90. The summed E-state index contributed by atoms with van der Waals surface area (Å²) in [4.78, 5) is 27.2. The van der Waals surface area contributed by atoms with Crippen molar-refractivity contribution in [2.75, 3.05) is 0 Å². The Hall–Kier alpha value is -3.35. The molecular formula is C20H18N4O3. The summed E-state index contributed by atoms with van der Waals surface area (Å²) in [6.45, 7) is 0.0840. The molecule has 0 aliphatic heterocycles. The molecule has 1 aromatic heterocycles. The third-order valence-electron chi connectivity index (χ3n) is 4.83. The molecule has 7 heteroatoms. The third-order valence-corrected chi connectivity index (χ3v) is 4.83. The summed E-state index contributed by atoms with van der Waals surface area (Å²) in [6, 6.07) is 12.1. The van der Waals surface area contributed by atoms with Gasteiger partial charge in [-0.15, -0.1) is 0 Å². The zero-order valence-corrected chi connectivity index (χ0v) is 14.7. The quantitative estimate of drug-likeness (QED) is 0.393. The normalized spacial score (nSPS) is 13.2. The van der Waals surface area contributed by atoms with Crippen LogP contribution >= 0.6 is 0 Å². The Labute approximate surface area is 155 Å². The Morgan fingerprint density at radius 3 is 2.74 bits per heavy atom. The van der Waals surface area contributed by atoms with Gasteiger partial charge in [-0.25, -0.2) is 9.67 Å². The first-order valence-electron chi connectivity index (χ1n) is 8.89. The first-order valence-corrected chi connectivity index (χ1v) is 8.89. The molecule has 0 bridgehead atoms. The lowest BCUT2D eigenvalue weighted by Crippen LogP contribution is -2.12. The van der Waals surface area contributed by atoms with Crippen LogP contribution in [0.15, 0.2) is 48.8 Å². The number of nitrogens with zero attached hydrogens (tertiary/aromatic N) is 4. The number of hydrogen-bond acceptors (Lipinski definition) is 5. The minimum atomic E-state index is -0.458. The molecule has 0 radical (unpaired) electrons. The van der Waals surface area contributed by atoms with Crippen LogP contribution in [0.2, 0.25) is 0 Å². The molecule has 1 aliphatic carbocycles. The van der Waals surface area contributed by atoms with Crippen LogP contribution in [-0.4, -0.2) is 25.5 Å². The number of aryl methyl sites for hydroxylation is 2. The highest BCUT2D eigenvalue weighted by Gasteiger charge is 2.15. The van der Waals surface area contributed by atoms with Crippen LogP contribution in [0.5, 0.6) is 0 Å². The topological polar surface area (TPSA) is 90.9 Å². The Bertz CT molecular complexity index is 1030.